The van der Waals surface area contributed by atoms with Gasteiger partial charge in [0.05, 0.1) is 9.79 Å². The van der Waals surface area contributed by atoms with E-state index in [-0.39, 0.29) is 36.0 Å². The molecule has 0 atom stereocenters. The lowest BCUT2D eigenvalue weighted by atomic mass is 10.4. The highest BCUT2D eigenvalue weighted by Crippen LogP contribution is 2.23. The monoisotopic (exact) mass is 432 g/mol. The highest BCUT2D eigenvalue weighted by atomic mass is 35.5. The lowest BCUT2D eigenvalue weighted by Gasteiger charge is -2.22. The van der Waals surface area contributed by atoms with Gasteiger partial charge in [0, 0.05) is 31.2 Å². The number of nitrogens with zero attached hydrogens (tertiary/aromatic N) is 2. The molecule has 6 nitrogen and oxygen atoms in total. The lowest BCUT2D eigenvalue weighted by molar-refractivity contribution is 0.404. The molecule has 2 aromatic carbocycles. The summed E-state index contributed by atoms with van der Waals surface area (Å²) in [6.07, 6.45) is 0.347. The Morgan fingerprint density at radius 2 is 1.33 bits per heavy atom. The summed E-state index contributed by atoms with van der Waals surface area (Å²) in [4.78, 5) is 0.0555. The topological polar surface area (TPSA) is 74.8 Å². The van der Waals surface area contributed by atoms with E-state index in [0.717, 1.165) is 12.1 Å². The van der Waals surface area contributed by atoms with E-state index in [4.69, 9.17) is 11.6 Å². The third-order valence-electron chi connectivity index (χ3n) is 4.30. The Bertz CT molecular complexity index is 1030. The van der Waals surface area contributed by atoms with Gasteiger partial charge in [0.2, 0.25) is 20.0 Å². The second-order valence-corrected chi connectivity index (χ2v) is 10.4. The van der Waals surface area contributed by atoms with Gasteiger partial charge in [-0.25, -0.2) is 21.2 Å². The van der Waals surface area contributed by atoms with Crippen LogP contribution >= 0.6 is 11.6 Å². The standard InChI is InChI=1S/C17H18ClFN2O4S2/c18-14-3-1-4-17(13-14)27(24,25)21-10-2-9-20(11-12-21)26(22,23)16-7-5-15(19)6-8-16/h1,3-8,13H,2,9-12H2. The van der Waals surface area contributed by atoms with Crippen LogP contribution in [-0.2, 0) is 20.0 Å². The van der Waals surface area contributed by atoms with Crippen LogP contribution in [0.15, 0.2) is 58.3 Å². The van der Waals surface area contributed by atoms with Crippen molar-refractivity contribution in [1.29, 1.82) is 0 Å². The maximum atomic E-state index is 13.1. The first-order valence-corrected chi connectivity index (χ1v) is 11.5. The molecule has 0 spiro atoms. The first-order chi connectivity index (χ1) is 12.7. The molecule has 0 N–H and O–H groups in total. The number of rotatable bonds is 4. The van der Waals surface area contributed by atoms with Gasteiger partial charge in [0.15, 0.2) is 0 Å². The van der Waals surface area contributed by atoms with E-state index in [1.54, 1.807) is 12.1 Å². The molecule has 1 aliphatic rings. The Morgan fingerprint density at radius 1 is 0.778 bits per heavy atom. The molecule has 0 aromatic heterocycles. The van der Waals surface area contributed by atoms with E-state index in [1.165, 1.54) is 32.9 Å². The molecule has 27 heavy (non-hydrogen) atoms. The van der Waals surface area contributed by atoms with Gasteiger partial charge in [0.1, 0.15) is 5.82 Å². The van der Waals surface area contributed by atoms with E-state index < -0.39 is 25.9 Å². The molecule has 0 radical (unpaired) electrons. The molecular formula is C17H18ClFN2O4S2. The fourth-order valence-corrected chi connectivity index (χ4v) is 6.12. The Balaban J connectivity index is 1.80. The molecule has 1 heterocycles. The van der Waals surface area contributed by atoms with Crippen LogP contribution in [-0.4, -0.2) is 51.6 Å². The molecule has 10 heteroatoms. The molecule has 146 valence electrons. The Morgan fingerprint density at radius 3 is 1.89 bits per heavy atom. The largest absolute Gasteiger partial charge is 0.243 e. The second-order valence-electron chi connectivity index (χ2n) is 6.07. The summed E-state index contributed by atoms with van der Waals surface area (Å²) < 4.78 is 66.7. The van der Waals surface area contributed by atoms with E-state index >= 15 is 0 Å². The zero-order valence-corrected chi connectivity index (χ0v) is 16.6. The van der Waals surface area contributed by atoms with Crippen LogP contribution < -0.4 is 0 Å². The Kier molecular flexibility index (Phi) is 5.87. The molecule has 1 aliphatic heterocycles. The molecule has 3 rings (SSSR count). The normalized spacial score (nSPS) is 17.6. The van der Waals surface area contributed by atoms with Crippen LogP contribution in [0.1, 0.15) is 6.42 Å². The zero-order valence-electron chi connectivity index (χ0n) is 14.3. The number of hydrogen-bond donors (Lipinski definition) is 0. The van der Waals surface area contributed by atoms with Crippen molar-refractivity contribution in [1.82, 2.24) is 8.61 Å². The molecule has 0 aliphatic carbocycles. The summed E-state index contributed by atoms with van der Waals surface area (Å²) in [5.74, 6) is -0.524. The third-order valence-corrected chi connectivity index (χ3v) is 8.34. The number of benzene rings is 2. The minimum atomic E-state index is -3.82. The average Bonchev–Trinajstić information content (AvgIpc) is 2.89. The van der Waals surface area contributed by atoms with Gasteiger partial charge in [-0.3, -0.25) is 0 Å². The highest BCUT2D eigenvalue weighted by molar-refractivity contribution is 7.89. The number of sulfonamides is 2. The summed E-state index contributed by atoms with van der Waals surface area (Å²) in [7, 11) is -7.59. The van der Waals surface area contributed by atoms with E-state index in [9.17, 15) is 21.2 Å². The van der Waals surface area contributed by atoms with E-state index in [1.807, 2.05) is 0 Å². The van der Waals surface area contributed by atoms with Crippen LogP contribution in [0, 0.1) is 5.82 Å². The SMILES string of the molecule is O=S(=O)(c1ccc(F)cc1)N1CCCN(S(=O)(=O)c2cccc(Cl)c2)CC1. The number of hydrogen-bond acceptors (Lipinski definition) is 4. The van der Waals surface area contributed by atoms with Crippen LogP contribution in [0.3, 0.4) is 0 Å². The molecular weight excluding hydrogens is 415 g/mol. The van der Waals surface area contributed by atoms with Gasteiger partial charge < -0.3 is 0 Å². The molecule has 0 saturated carbocycles. The van der Waals surface area contributed by atoms with Gasteiger partial charge in [-0.2, -0.15) is 8.61 Å². The maximum absolute atomic E-state index is 13.1. The van der Waals surface area contributed by atoms with Crippen molar-refractivity contribution in [2.24, 2.45) is 0 Å². The summed E-state index contributed by atoms with van der Waals surface area (Å²) in [5.41, 5.74) is 0. The van der Waals surface area contributed by atoms with Gasteiger partial charge >= 0.3 is 0 Å². The minimum absolute atomic E-state index is 0.0134. The van der Waals surface area contributed by atoms with Crippen molar-refractivity contribution in [3.05, 3.63) is 59.4 Å². The van der Waals surface area contributed by atoms with Crippen molar-refractivity contribution in [2.75, 3.05) is 26.2 Å². The highest BCUT2D eigenvalue weighted by Gasteiger charge is 2.31. The summed E-state index contributed by atoms with van der Waals surface area (Å²) in [6.45, 7) is 0.417. The quantitative estimate of drug-likeness (QED) is 0.744. The van der Waals surface area contributed by atoms with Crippen molar-refractivity contribution >= 4 is 31.6 Å². The van der Waals surface area contributed by atoms with E-state index in [2.05, 4.69) is 0 Å². The molecule has 2 aromatic rings. The van der Waals surface area contributed by atoms with Gasteiger partial charge in [0.25, 0.3) is 0 Å². The predicted octanol–water partition coefficient (Wildman–Crippen LogP) is 2.56. The smallest absolute Gasteiger partial charge is 0.207 e. The molecule has 1 saturated heterocycles. The fraction of sp³-hybridized carbons (Fsp3) is 0.294. The van der Waals surface area contributed by atoms with Crippen molar-refractivity contribution in [2.45, 2.75) is 16.2 Å². The third kappa shape index (κ3) is 4.33. The predicted molar refractivity (Wildman–Crippen MR) is 100.0 cm³/mol. The van der Waals surface area contributed by atoms with Gasteiger partial charge in [-0.1, -0.05) is 17.7 Å². The van der Waals surface area contributed by atoms with Gasteiger partial charge in [-0.05, 0) is 48.9 Å². The molecule has 0 bridgehead atoms. The maximum Gasteiger partial charge on any atom is 0.243 e. The second kappa shape index (κ2) is 7.84. The summed E-state index contributed by atoms with van der Waals surface area (Å²) in [5, 5.41) is 0.311. The van der Waals surface area contributed by atoms with Crippen LogP contribution in [0.25, 0.3) is 0 Å². The summed E-state index contributed by atoms with van der Waals surface area (Å²) in [6, 6.07) is 10.5. The fourth-order valence-electron chi connectivity index (χ4n) is 2.88. The average molecular weight is 433 g/mol. The molecule has 0 amide bonds. The van der Waals surface area contributed by atoms with Crippen LogP contribution in [0.2, 0.25) is 5.02 Å². The Hall–Kier alpha value is -1.52. The first-order valence-electron chi connectivity index (χ1n) is 8.23. The minimum Gasteiger partial charge on any atom is -0.207 e. The van der Waals surface area contributed by atoms with Crippen molar-refractivity contribution < 1.29 is 21.2 Å². The summed E-state index contributed by atoms with van der Waals surface area (Å²) >= 11 is 5.89. The number of halogens is 2. The van der Waals surface area contributed by atoms with E-state index in [0.29, 0.717) is 11.4 Å². The van der Waals surface area contributed by atoms with Crippen molar-refractivity contribution in [3.8, 4) is 0 Å². The van der Waals surface area contributed by atoms with Crippen LogP contribution in [0.5, 0.6) is 0 Å². The molecule has 1 fully saturated rings. The Labute approximate surface area is 163 Å². The lowest BCUT2D eigenvalue weighted by Crippen LogP contribution is -2.37. The zero-order chi connectivity index (χ0) is 19.7. The van der Waals surface area contributed by atoms with Crippen molar-refractivity contribution in [3.63, 3.8) is 0 Å². The first kappa shape index (κ1) is 20.2. The van der Waals surface area contributed by atoms with Crippen LogP contribution in [0.4, 0.5) is 4.39 Å². The molecule has 0 unspecified atom stereocenters. The van der Waals surface area contributed by atoms with Gasteiger partial charge in [-0.15, -0.1) is 0 Å².